The number of cyclic esters (lactones) is 1. The molecule has 2 aromatic rings. The number of ether oxygens (including phenoxy) is 2. The number of carbonyl (C=O) groups is 2. The second kappa shape index (κ2) is 7.69. The van der Waals surface area contributed by atoms with Crippen molar-refractivity contribution < 1.29 is 19.1 Å². The zero-order valence-corrected chi connectivity index (χ0v) is 15.4. The molecule has 1 aromatic carbocycles. The van der Waals surface area contributed by atoms with E-state index in [1.54, 1.807) is 22.8 Å². The Bertz CT molecular complexity index is 938. The predicted molar refractivity (Wildman–Crippen MR) is 98.8 cm³/mol. The number of thioether (sulfide) groups is 1. The van der Waals surface area contributed by atoms with Gasteiger partial charge in [-0.2, -0.15) is 0 Å². The number of fused-ring (bicyclic) bond motifs is 1. The fourth-order valence-electron chi connectivity index (χ4n) is 3.23. The number of hydrogen-bond acceptors (Lipinski definition) is 7. The number of imide groups is 1. The van der Waals surface area contributed by atoms with E-state index in [2.05, 4.69) is 4.98 Å². The molecule has 1 aromatic heterocycles. The smallest absolute Gasteiger partial charge is 0.416 e. The van der Waals surface area contributed by atoms with E-state index in [-0.39, 0.29) is 36.5 Å². The summed E-state index contributed by atoms with van der Waals surface area (Å²) in [4.78, 5) is 42.5. The normalized spacial score (nSPS) is 19.6. The minimum Gasteiger partial charge on any atom is -0.447 e. The summed E-state index contributed by atoms with van der Waals surface area (Å²) in [6.45, 7) is 1.57. The van der Waals surface area contributed by atoms with Gasteiger partial charge in [0.05, 0.1) is 35.8 Å². The zero-order chi connectivity index (χ0) is 18.8. The molecule has 2 saturated heterocycles. The van der Waals surface area contributed by atoms with Gasteiger partial charge in [0.2, 0.25) is 5.91 Å². The average Bonchev–Trinajstić information content (AvgIpc) is 3.34. The molecule has 27 heavy (non-hydrogen) atoms. The summed E-state index contributed by atoms with van der Waals surface area (Å²) >= 11 is 1.15. The molecular formula is C18H19N3O5S. The van der Waals surface area contributed by atoms with Crippen LogP contribution in [0.15, 0.2) is 34.2 Å². The van der Waals surface area contributed by atoms with E-state index in [1.165, 1.54) is 0 Å². The van der Waals surface area contributed by atoms with Crippen LogP contribution in [0.4, 0.5) is 4.79 Å². The van der Waals surface area contributed by atoms with Crippen LogP contribution in [0.3, 0.4) is 0 Å². The molecule has 0 saturated carbocycles. The van der Waals surface area contributed by atoms with Crippen LogP contribution in [0.1, 0.15) is 12.8 Å². The Morgan fingerprint density at radius 2 is 2.11 bits per heavy atom. The summed E-state index contributed by atoms with van der Waals surface area (Å²) in [6, 6.07) is 7.14. The lowest BCUT2D eigenvalue weighted by Gasteiger charge is -2.17. The van der Waals surface area contributed by atoms with Crippen LogP contribution in [0.25, 0.3) is 10.9 Å². The van der Waals surface area contributed by atoms with Crippen molar-refractivity contribution in [2.45, 2.75) is 30.6 Å². The van der Waals surface area contributed by atoms with Crippen LogP contribution in [0.2, 0.25) is 0 Å². The maximum atomic E-state index is 13.0. The summed E-state index contributed by atoms with van der Waals surface area (Å²) in [7, 11) is 0. The van der Waals surface area contributed by atoms with Gasteiger partial charge < -0.3 is 9.47 Å². The highest BCUT2D eigenvalue weighted by atomic mass is 32.2. The molecule has 3 heterocycles. The first-order valence-electron chi connectivity index (χ1n) is 8.84. The summed E-state index contributed by atoms with van der Waals surface area (Å²) in [5, 5.41) is 0.990. The average molecular weight is 389 g/mol. The largest absolute Gasteiger partial charge is 0.447 e. The molecule has 4 rings (SSSR count). The molecule has 2 amide bonds. The number of aromatic nitrogens is 2. The van der Waals surface area contributed by atoms with E-state index in [9.17, 15) is 14.4 Å². The van der Waals surface area contributed by atoms with E-state index >= 15 is 0 Å². The maximum Gasteiger partial charge on any atom is 0.416 e. The molecule has 2 aliphatic rings. The second-order valence-electron chi connectivity index (χ2n) is 6.41. The van der Waals surface area contributed by atoms with Gasteiger partial charge in [0.1, 0.15) is 6.61 Å². The highest BCUT2D eigenvalue weighted by Gasteiger charge is 2.29. The number of nitrogens with zero attached hydrogens (tertiary/aromatic N) is 3. The Hall–Kier alpha value is -2.39. The minimum absolute atomic E-state index is 0.00536. The van der Waals surface area contributed by atoms with Crippen LogP contribution in [0.5, 0.6) is 0 Å². The number of benzene rings is 1. The predicted octanol–water partition coefficient (Wildman–Crippen LogP) is 1.65. The maximum absolute atomic E-state index is 13.0. The molecular weight excluding hydrogens is 370 g/mol. The molecule has 0 spiro atoms. The fraction of sp³-hybridized carbons (Fsp3) is 0.444. The summed E-state index contributed by atoms with van der Waals surface area (Å²) in [5.74, 6) is -0.348. The molecule has 2 aliphatic heterocycles. The fourth-order valence-corrected chi connectivity index (χ4v) is 4.12. The first kappa shape index (κ1) is 18.0. The summed E-state index contributed by atoms with van der Waals surface area (Å²) < 4.78 is 12.0. The van der Waals surface area contributed by atoms with Crippen LogP contribution < -0.4 is 5.56 Å². The standard InChI is InChI=1S/C18H19N3O5S/c22-15(20-7-9-26-18(20)24)11-27-17-19-14-6-2-1-5-13(14)16(23)21(17)10-12-4-3-8-25-12/h1-2,5-6,12H,3-4,7-11H2/t12-/m0/s1. The highest BCUT2D eigenvalue weighted by Crippen LogP contribution is 2.21. The number of para-hydroxylation sites is 1. The van der Waals surface area contributed by atoms with Crippen molar-refractivity contribution in [3.8, 4) is 0 Å². The highest BCUT2D eigenvalue weighted by molar-refractivity contribution is 7.99. The summed E-state index contributed by atoms with van der Waals surface area (Å²) in [5.41, 5.74) is 0.438. The number of hydrogen-bond donors (Lipinski definition) is 0. The van der Waals surface area contributed by atoms with E-state index in [1.807, 2.05) is 6.07 Å². The van der Waals surface area contributed by atoms with Gasteiger partial charge in [-0.15, -0.1) is 0 Å². The molecule has 0 bridgehead atoms. The zero-order valence-electron chi connectivity index (χ0n) is 14.6. The van der Waals surface area contributed by atoms with E-state index in [0.717, 1.165) is 29.5 Å². The summed E-state index contributed by atoms with van der Waals surface area (Å²) in [6.07, 6.45) is 1.21. The molecule has 0 N–H and O–H groups in total. The van der Waals surface area contributed by atoms with Crippen molar-refractivity contribution in [3.05, 3.63) is 34.6 Å². The molecule has 1 atom stereocenters. The van der Waals surface area contributed by atoms with Gasteiger partial charge >= 0.3 is 6.09 Å². The Morgan fingerprint density at radius 1 is 1.26 bits per heavy atom. The van der Waals surface area contributed by atoms with E-state index in [4.69, 9.17) is 9.47 Å². The van der Waals surface area contributed by atoms with Gasteiger partial charge in [0.15, 0.2) is 5.16 Å². The van der Waals surface area contributed by atoms with Gasteiger partial charge in [0, 0.05) is 6.61 Å². The lowest BCUT2D eigenvalue weighted by atomic mass is 10.2. The van der Waals surface area contributed by atoms with Crippen molar-refractivity contribution in [1.29, 1.82) is 0 Å². The molecule has 9 heteroatoms. The first-order chi connectivity index (χ1) is 13.1. The van der Waals surface area contributed by atoms with Crippen LogP contribution in [0, 0.1) is 0 Å². The van der Waals surface area contributed by atoms with Crippen molar-refractivity contribution in [3.63, 3.8) is 0 Å². The molecule has 0 unspecified atom stereocenters. The van der Waals surface area contributed by atoms with Crippen molar-refractivity contribution in [1.82, 2.24) is 14.5 Å². The lowest BCUT2D eigenvalue weighted by Crippen LogP contribution is -2.33. The third kappa shape index (κ3) is 3.70. The van der Waals surface area contributed by atoms with Crippen molar-refractivity contribution in [2.75, 3.05) is 25.5 Å². The third-order valence-electron chi connectivity index (χ3n) is 4.62. The van der Waals surface area contributed by atoms with E-state index in [0.29, 0.717) is 29.2 Å². The van der Waals surface area contributed by atoms with Crippen LogP contribution >= 0.6 is 11.8 Å². The molecule has 8 nitrogen and oxygen atoms in total. The number of carbonyl (C=O) groups excluding carboxylic acids is 2. The van der Waals surface area contributed by atoms with Gasteiger partial charge in [-0.1, -0.05) is 23.9 Å². The Balaban J connectivity index is 1.62. The molecule has 2 fully saturated rings. The monoisotopic (exact) mass is 389 g/mol. The van der Waals surface area contributed by atoms with Gasteiger partial charge in [-0.05, 0) is 25.0 Å². The van der Waals surface area contributed by atoms with Gasteiger partial charge in [0.25, 0.3) is 5.56 Å². The Morgan fingerprint density at radius 3 is 2.85 bits per heavy atom. The van der Waals surface area contributed by atoms with Crippen molar-refractivity contribution >= 4 is 34.7 Å². The van der Waals surface area contributed by atoms with Crippen LogP contribution in [-0.4, -0.2) is 58.1 Å². The molecule has 0 aliphatic carbocycles. The molecule has 0 radical (unpaired) electrons. The van der Waals surface area contributed by atoms with Gasteiger partial charge in [-0.3, -0.25) is 14.2 Å². The van der Waals surface area contributed by atoms with Gasteiger partial charge in [-0.25, -0.2) is 14.7 Å². The third-order valence-corrected chi connectivity index (χ3v) is 5.58. The first-order valence-corrected chi connectivity index (χ1v) is 9.83. The lowest BCUT2D eigenvalue weighted by molar-refractivity contribution is -0.125. The number of amides is 2. The number of rotatable bonds is 5. The Kier molecular flexibility index (Phi) is 5.13. The SMILES string of the molecule is O=C(CSc1nc2ccccc2c(=O)n1C[C@@H]1CCCO1)N1CCOC1=O. The quantitative estimate of drug-likeness (QED) is 0.567. The topological polar surface area (TPSA) is 90.7 Å². The Labute approximate surface area is 159 Å². The molecule has 142 valence electrons. The second-order valence-corrected chi connectivity index (χ2v) is 7.35. The van der Waals surface area contributed by atoms with Crippen molar-refractivity contribution in [2.24, 2.45) is 0 Å². The van der Waals surface area contributed by atoms with Crippen LogP contribution in [-0.2, 0) is 20.8 Å². The van der Waals surface area contributed by atoms with E-state index < -0.39 is 6.09 Å². The minimum atomic E-state index is -0.621.